The number of aldehydes is 1. The van der Waals surface area contributed by atoms with Crippen LogP contribution in [0.1, 0.15) is 27.8 Å². The van der Waals surface area contributed by atoms with Gasteiger partial charge in [-0.15, -0.1) is 0 Å². The zero-order valence-electron chi connectivity index (χ0n) is 8.93. The average molecular weight is 220 g/mol. The van der Waals surface area contributed by atoms with E-state index in [0.29, 0.717) is 31.0 Å². The Morgan fingerprint density at radius 1 is 1.12 bits per heavy atom. The number of furan rings is 2. The summed E-state index contributed by atoms with van der Waals surface area (Å²) in [5.74, 6) is 2.58. The molecule has 0 saturated heterocycles. The van der Waals surface area contributed by atoms with Crippen molar-refractivity contribution in [2.75, 3.05) is 0 Å². The van der Waals surface area contributed by atoms with Gasteiger partial charge in [0, 0.05) is 0 Å². The molecule has 0 atom stereocenters. The Morgan fingerprint density at radius 2 is 1.81 bits per heavy atom. The van der Waals surface area contributed by atoms with Gasteiger partial charge >= 0.3 is 0 Å². The van der Waals surface area contributed by atoms with Crippen molar-refractivity contribution in [3.8, 4) is 0 Å². The summed E-state index contributed by atoms with van der Waals surface area (Å²) in [5, 5.41) is 0. The van der Waals surface area contributed by atoms with Crippen LogP contribution in [0.4, 0.5) is 0 Å². The lowest BCUT2D eigenvalue weighted by Crippen LogP contribution is -1.91. The van der Waals surface area contributed by atoms with Gasteiger partial charge < -0.3 is 13.6 Å². The minimum Gasteiger partial charge on any atom is -0.464 e. The van der Waals surface area contributed by atoms with Crippen molar-refractivity contribution < 1.29 is 18.4 Å². The second-order valence-electron chi connectivity index (χ2n) is 3.43. The molecule has 16 heavy (non-hydrogen) atoms. The summed E-state index contributed by atoms with van der Waals surface area (Å²) in [4.78, 5) is 10.4. The molecule has 0 aliphatic heterocycles. The number of aryl methyl sites for hydroxylation is 1. The van der Waals surface area contributed by atoms with E-state index in [0.717, 1.165) is 11.5 Å². The predicted octanol–water partition coefficient (Wildman–Crippen LogP) is 2.71. The Labute approximate surface area is 92.8 Å². The molecule has 2 heterocycles. The average Bonchev–Trinajstić information content (AvgIpc) is 2.88. The molecule has 2 aromatic rings. The standard InChI is InChI=1S/C12H12O4/c1-9-2-3-11(15-9)7-14-8-12-5-4-10(6-13)16-12/h2-6H,7-8H2,1H3. The van der Waals surface area contributed by atoms with Crippen LogP contribution in [0.15, 0.2) is 33.1 Å². The summed E-state index contributed by atoms with van der Waals surface area (Å²) >= 11 is 0. The minimum atomic E-state index is 0.312. The van der Waals surface area contributed by atoms with Crippen molar-refractivity contribution in [3.63, 3.8) is 0 Å². The zero-order chi connectivity index (χ0) is 11.4. The maximum atomic E-state index is 10.4. The third-order valence-corrected chi connectivity index (χ3v) is 2.08. The van der Waals surface area contributed by atoms with Crippen LogP contribution in [-0.4, -0.2) is 6.29 Å². The Balaban J connectivity index is 1.81. The highest BCUT2D eigenvalue weighted by atomic mass is 16.5. The maximum absolute atomic E-state index is 10.4. The Bertz CT molecular complexity index is 467. The molecular formula is C12H12O4. The largest absolute Gasteiger partial charge is 0.464 e. The van der Waals surface area contributed by atoms with E-state index in [2.05, 4.69) is 0 Å². The van der Waals surface area contributed by atoms with Crippen molar-refractivity contribution in [3.05, 3.63) is 47.3 Å². The fraction of sp³-hybridized carbons (Fsp3) is 0.250. The monoisotopic (exact) mass is 220 g/mol. The van der Waals surface area contributed by atoms with Crippen LogP contribution in [-0.2, 0) is 18.0 Å². The molecule has 0 aliphatic carbocycles. The molecule has 0 radical (unpaired) electrons. The van der Waals surface area contributed by atoms with Crippen molar-refractivity contribution in [1.82, 2.24) is 0 Å². The number of ether oxygens (including phenoxy) is 1. The Hall–Kier alpha value is -1.81. The van der Waals surface area contributed by atoms with E-state index in [9.17, 15) is 4.79 Å². The summed E-state index contributed by atoms with van der Waals surface area (Å²) in [5.41, 5.74) is 0. The van der Waals surface area contributed by atoms with E-state index in [1.807, 2.05) is 19.1 Å². The van der Waals surface area contributed by atoms with Gasteiger partial charge in [-0.3, -0.25) is 4.79 Å². The number of hydrogen-bond donors (Lipinski definition) is 0. The molecule has 0 fully saturated rings. The van der Waals surface area contributed by atoms with Crippen LogP contribution >= 0.6 is 0 Å². The van der Waals surface area contributed by atoms with Crippen molar-refractivity contribution in [1.29, 1.82) is 0 Å². The van der Waals surface area contributed by atoms with E-state index in [1.54, 1.807) is 12.1 Å². The quantitative estimate of drug-likeness (QED) is 0.727. The lowest BCUT2D eigenvalue weighted by Gasteiger charge is -1.98. The molecule has 0 amide bonds. The van der Waals surface area contributed by atoms with Gasteiger partial charge in [0.2, 0.25) is 0 Å². The highest BCUT2D eigenvalue weighted by Crippen LogP contribution is 2.11. The van der Waals surface area contributed by atoms with Crippen LogP contribution in [0.5, 0.6) is 0 Å². The zero-order valence-corrected chi connectivity index (χ0v) is 8.93. The van der Waals surface area contributed by atoms with Crippen LogP contribution < -0.4 is 0 Å². The van der Waals surface area contributed by atoms with Crippen LogP contribution in [0.2, 0.25) is 0 Å². The predicted molar refractivity (Wildman–Crippen MR) is 56.0 cm³/mol. The normalized spacial score (nSPS) is 10.6. The van der Waals surface area contributed by atoms with E-state index in [4.69, 9.17) is 13.6 Å². The Morgan fingerprint density at radius 3 is 2.38 bits per heavy atom. The number of hydrogen-bond acceptors (Lipinski definition) is 4. The third-order valence-electron chi connectivity index (χ3n) is 2.08. The van der Waals surface area contributed by atoms with Gasteiger partial charge in [0.25, 0.3) is 0 Å². The molecule has 0 bridgehead atoms. The first kappa shape index (κ1) is 10.7. The first-order chi connectivity index (χ1) is 7.78. The van der Waals surface area contributed by atoms with Crippen molar-refractivity contribution >= 4 is 6.29 Å². The molecule has 0 saturated carbocycles. The molecule has 0 aromatic carbocycles. The van der Waals surface area contributed by atoms with Gasteiger partial charge in [-0.1, -0.05) is 0 Å². The smallest absolute Gasteiger partial charge is 0.185 e. The van der Waals surface area contributed by atoms with Gasteiger partial charge in [0.05, 0.1) is 0 Å². The third kappa shape index (κ3) is 2.61. The number of carbonyl (C=O) groups excluding carboxylic acids is 1. The lowest BCUT2D eigenvalue weighted by atomic mass is 10.4. The van der Waals surface area contributed by atoms with Crippen LogP contribution in [0.3, 0.4) is 0 Å². The number of rotatable bonds is 5. The van der Waals surface area contributed by atoms with Gasteiger partial charge in [0.1, 0.15) is 30.5 Å². The molecule has 84 valence electrons. The fourth-order valence-electron chi connectivity index (χ4n) is 1.35. The minimum absolute atomic E-state index is 0.312. The molecule has 0 N–H and O–H groups in total. The van der Waals surface area contributed by atoms with Crippen molar-refractivity contribution in [2.45, 2.75) is 20.1 Å². The topological polar surface area (TPSA) is 52.6 Å². The SMILES string of the molecule is Cc1ccc(COCc2ccc(C=O)o2)o1. The first-order valence-electron chi connectivity index (χ1n) is 4.95. The van der Waals surface area contributed by atoms with Gasteiger partial charge in [-0.2, -0.15) is 0 Å². The van der Waals surface area contributed by atoms with Crippen molar-refractivity contribution in [2.24, 2.45) is 0 Å². The molecule has 0 aliphatic rings. The van der Waals surface area contributed by atoms with E-state index in [1.165, 1.54) is 0 Å². The lowest BCUT2D eigenvalue weighted by molar-refractivity contribution is 0.0786. The molecule has 2 aromatic heterocycles. The summed E-state index contributed by atoms with van der Waals surface area (Å²) in [6.45, 7) is 2.60. The Kier molecular flexibility index (Phi) is 3.22. The van der Waals surface area contributed by atoms with Gasteiger partial charge in [0.15, 0.2) is 12.0 Å². The molecule has 0 spiro atoms. The van der Waals surface area contributed by atoms with Gasteiger partial charge in [-0.25, -0.2) is 0 Å². The molecule has 2 rings (SSSR count). The number of carbonyl (C=O) groups is 1. The molecule has 0 unspecified atom stereocenters. The molecular weight excluding hydrogens is 208 g/mol. The van der Waals surface area contributed by atoms with Crippen LogP contribution in [0.25, 0.3) is 0 Å². The van der Waals surface area contributed by atoms with E-state index in [-0.39, 0.29) is 0 Å². The second kappa shape index (κ2) is 4.81. The van der Waals surface area contributed by atoms with E-state index < -0.39 is 0 Å². The summed E-state index contributed by atoms with van der Waals surface area (Å²) < 4.78 is 15.9. The second-order valence-corrected chi connectivity index (χ2v) is 3.43. The van der Waals surface area contributed by atoms with Crippen LogP contribution in [0, 0.1) is 6.92 Å². The first-order valence-corrected chi connectivity index (χ1v) is 4.95. The maximum Gasteiger partial charge on any atom is 0.185 e. The summed E-state index contributed by atoms with van der Waals surface area (Å²) in [7, 11) is 0. The van der Waals surface area contributed by atoms with E-state index >= 15 is 0 Å². The summed E-state index contributed by atoms with van der Waals surface area (Å²) in [6.07, 6.45) is 0.666. The fourth-order valence-corrected chi connectivity index (χ4v) is 1.35. The van der Waals surface area contributed by atoms with Gasteiger partial charge in [-0.05, 0) is 31.2 Å². The molecule has 4 heteroatoms. The highest BCUT2D eigenvalue weighted by molar-refractivity contribution is 5.70. The highest BCUT2D eigenvalue weighted by Gasteiger charge is 2.02. The molecule has 4 nitrogen and oxygen atoms in total. The summed E-state index contributed by atoms with van der Waals surface area (Å²) in [6, 6.07) is 7.09.